The van der Waals surface area contributed by atoms with Crippen LogP contribution in [0.25, 0.3) is 0 Å². The molecule has 0 amide bonds. The molecule has 118 valence electrons. The first-order valence-electron chi connectivity index (χ1n) is 7.42. The molecule has 0 saturated carbocycles. The number of rotatable bonds is 7. The third-order valence-electron chi connectivity index (χ3n) is 3.71. The van der Waals surface area contributed by atoms with Crippen molar-refractivity contribution in [2.75, 3.05) is 13.7 Å². The van der Waals surface area contributed by atoms with E-state index in [1.54, 1.807) is 7.11 Å². The fraction of sp³-hybridized carbons (Fsp3) is 0.333. The molecule has 0 aliphatic rings. The van der Waals surface area contributed by atoms with Crippen molar-refractivity contribution < 1.29 is 4.74 Å². The Kier molecular flexibility index (Phi) is 6.56. The predicted octanol–water partition coefficient (Wildman–Crippen LogP) is 5.29. The van der Waals surface area contributed by atoms with Crippen LogP contribution in [0, 0.1) is 0 Å². The van der Waals surface area contributed by atoms with Gasteiger partial charge in [-0.05, 0) is 55.6 Å². The zero-order chi connectivity index (χ0) is 15.9. The van der Waals surface area contributed by atoms with Gasteiger partial charge in [0.25, 0.3) is 0 Å². The van der Waals surface area contributed by atoms with Crippen LogP contribution in [0.4, 0.5) is 0 Å². The van der Waals surface area contributed by atoms with E-state index in [9.17, 15) is 0 Å². The fourth-order valence-corrected chi connectivity index (χ4v) is 2.86. The molecule has 0 aliphatic heterocycles. The van der Waals surface area contributed by atoms with E-state index < -0.39 is 0 Å². The largest absolute Gasteiger partial charge is 0.495 e. The van der Waals surface area contributed by atoms with Gasteiger partial charge < -0.3 is 10.1 Å². The van der Waals surface area contributed by atoms with Crippen molar-refractivity contribution in [3.63, 3.8) is 0 Å². The molecule has 0 fully saturated rings. The molecule has 2 rings (SSSR count). The van der Waals surface area contributed by atoms with Crippen molar-refractivity contribution in [3.05, 3.63) is 63.6 Å². The molecule has 1 unspecified atom stereocenters. The lowest BCUT2D eigenvalue weighted by Gasteiger charge is -2.15. The second-order valence-electron chi connectivity index (χ2n) is 5.26. The molecule has 0 heterocycles. The van der Waals surface area contributed by atoms with Gasteiger partial charge in [0.1, 0.15) is 5.75 Å². The fourth-order valence-electron chi connectivity index (χ4n) is 2.37. The molecule has 2 aromatic rings. The molecule has 1 atom stereocenters. The Morgan fingerprint density at radius 1 is 1.09 bits per heavy atom. The summed E-state index contributed by atoms with van der Waals surface area (Å²) in [7, 11) is 1.62. The molecule has 0 aliphatic carbocycles. The molecule has 4 heteroatoms. The summed E-state index contributed by atoms with van der Waals surface area (Å²) in [6.07, 6.45) is 2.01. The van der Waals surface area contributed by atoms with Crippen LogP contribution in [0.15, 0.2) is 42.5 Å². The Morgan fingerprint density at radius 2 is 1.86 bits per heavy atom. The number of aryl methyl sites for hydroxylation is 1. The highest BCUT2D eigenvalue weighted by Crippen LogP contribution is 2.27. The van der Waals surface area contributed by atoms with Crippen LogP contribution in [0.1, 0.15) is 30.5 Å². The van der Waals surface area contributed by atoms with Gasteiger partial charge in [-0.15, -0.1) is 0 Å². The molecule has 0 radical (unpaired) electrons. The molecule has 1 N–H and O–H groups in total. The lowest BCUT2D eigenvalue weighted by atomic mass is 10.1. The minimum Gasteiger partial charge on any atom is -0.495 e. The molecule has 2 nitrogen and oxygen atoms in total. The summed E-state index contributed by atoms with van der Waals surface area (Å²) >= 11 is 12.3. The number of hydrogen-bond acceptors (Lipinski definition) is 2. The molecular formula is C18H21Cl2NO. The normalized spacial score (nSPS) is 12.2. The highest BCUT2D eigenvalue weighted by Gasteiger charge is 2.08. The number of methoxy groups -OCH3 is 1. The topological polar surface area (TPSA) is 21.3 Å². The van der Waals surface area contributed by atoms with E-state index in [1.165, 1.54) is 5.56 Å². The van der Waals surface area contributed by atoms with Crippen molar-refractivity contribution in [3.8, 4) is 5.75 Å². The maximum atomic E-state index is 6.16. The SMILES string of the molecule is COc1ccc(C(C)NCCCc2ccccc2Cl)cc1Cl. The van der Waals surface area contributed by atoms with Gasteiger partial charge in [-0.1, -0.05) is 47.5 Å². The van der Waals surface area contributed by atoms with Crippen molar-refractivity contribution in [2.45, 2.75) is 25.8 Å². The summed E-state index contributed by atoms with van der Waals surface area (Å²) in [5.74, 6) is 0.705. The predicted molar refractivity (Wildman–Crippen MR) is 94.2 cm³/mol. The maximum Gasteiger partial charge on any atom is 0.137 e. The lowest BCUT2D eigenvalue weighted by molar-refractivity contribution is 0.414. The smallest absolute Gasteiger partial charge is 0.137 e. The van der Waals surface area contributed by atoms with Gasteiger partial charge in [-0.25, -0.2) is 0 Å². The number of benzene rings is 2. The summed E-state index contributed by atoms with van der Waals surface area (Å²) in [4.78, 5) is 0. The highest BCUT2D eigenvalue weighted by atomic mass is 35.5. The Bertz CT molecular complexity index is 616. The molecule has 0 aromatic heterocycles. The molecular weight excluding hydrogens is 317 g/mol. The highest BCUT2D eigenvalue weighted by molar-refractivity contribution is 6.32. The van der Waals surface area contributed by atoms with Crippen molar-refractivity contribution in [1.82, 2.24) is 5.32 Å². The summed E-state index contributed by atoms with van der Waals surface area (Å²) in [6.45, 7) is 3.06. The minimum atomic E-state index is 0.245. The monoisotopic (exact) mass is 337 g/mol. The first kappa shape index (κ1) is 17.1. The first-order valence-corrected chi connectivity index (χ1v) is 8.17. The number of ether oxygens (including phenoxy) is 1. The summed E-state index contributed by atoms with van der Waals surface area (Å²) < 4.78 is 5.17. The van der Waals surface area contributed by atoms with Crippen molar-refractivity contribution >= 4 is 23.2 Å². The van der Waals surface area contributed by atoms with E-state index in [0.717, 1.165) is 30.0 Å². The molecule has 22 heavy (non-hydrogen) atoms. The van der Waals surface area contributed by atoms with Crippen molar-refractivity contribution in [2.24, 2.45) is 0 Å². The van der Waals surface area contributed by atoms with E-state index in [1.807, 2.05) is 36.4 Å². The van der Waals surface area contributed by atoms with Gasteiger partial charge in [0.05, 0.1) is 12.1 Å². The quantitative estimate of drug-likeness (QED) is 0.693. The summed E-state index contributed by atoms with van der Waals surface area (Å²) in [5, 5.41) is 5.00. The van der Waals surface area contributed by atoms with Crippen LogP contribution < -0.4 is 10.1 Å². The van der Waals surface area contributed by atoms with Gasteiger partial charge in [0, 0.05) is 11.1 Å². The number of halogens is 2. The Hall–Kier alpha value is -1.22. The van der Waals surface area contributed by atoms with Crippen LogP contribution in [0.2, 0.25) is 10.0 Å². The minimum absolute atomic E-state index is 0.245. The van der Waals surface area contributed by atoms with Crippen molar-refractivity contribution in [1.29, 1.82) is 0 Å². The lowest BCUT2D eigenvalue weighted by Crippen LogP contribution is -2.20. The van der Waals surface area contributed by atoms with Crippen LogP contribution in [0.5, 0.6) is 5.75 Å². The Morgan fingerprint density at radius 3 is 2.55 bits per heavy atom. The van der Waals surface area contributed by atoms with Gasteiger partial charge in [-0.2, -0.15) is 0 Å². The third kappa shape index (κ3) is 4.64. The third-order valence-corrected chi connectivity index (χ3v) is 4.37. The zero-order valence-corrected chi connectivity index (χ0v) is 14.4. The van der Waals surface area contributed by atoms with Crippen LogP contribution in [-0.4, -0.2) is 13.7 Å². The summed E-state index contributed by atoms with van der Waals surface area (Å²) in [5.41, 5.74) is 2.36. The van der Waals surface area contributed by atoms with E-state index >= 15 is 0 Å². The average Bonchev–Trinajstić information content (AvgIpc) is 2.52. The second-order valence-corrected chi connectivity index (χ2v) is 6.08. The van der Waals surface area contributed by atoms with E-state index in [2.05, 4.69) is 18.3 Å². The number of nitrogens with one attached hydrogen (secondary N) is 1. The van der Waals surface area contributed by atoms with Gasteiger partial charge in [0.15, 0.2) is 0 Å². The summed E-state index contributed by atoms with van der Waals surface area (Å²) in [6, 6.07) is 14.1. The van der Waals surface area contributed by atoms with Gasteiger partial charge in [0.2, 0.25) is 0 Å². The maximum absolute atomic E-state index is 6.16. The van der Waals surface area contributed by atoms with Crippen LogP contribution in [-0.2, 0) is 6.42 Å². The standard InChI is InChI=1S/C18H21Cl2NO/c1-13(15-9-10-18(22-2)17(20)12-15)21-11-5-7-14-6-3-4-8-16(14)19/h3-4,6,8-10,12-13,21H,5,7,11H2,1-2H3. The number of hydrogen-bond donors (Lipinski definition) is 1. The van der Waals surface area contributed by atoms with E-state index in [-0.39, 0.29) is 6.04 Å². The van der Waals surface area contributed by atoms with Gasteiger partial charge in [-0.3, -0.25) is 0 Å². The zero-order valence-electron chi connectivity index (χ0n) is 12.9. The second kappa shape index (κ2) is 8.42. The van der Waals surface area contributed by atoms with Gasteiger partial charge >= 0.3 is 0 Å². The first-order chi connectivity index (χ1) is 10.6. The Balaban J connectivity index is 1.82. The van der Waals surface area contributed by atoms with Crippen LogP contribution >= 0.6 is 23.2 Å². The molecule has 0 bridgehead atoms. The Labute approximate surface area is 142 Å². The van der Waals surface area contributed by atoms with E-state index in [0.29, 0.717) is 10.8 Å². The van der Waals surface area contributed by atoms with E-state index in [4.69, 9.17) is 27.9 Å². The molecule has 2 aromatic carbocycles. The molecule has 0 saturated heterocycles. The average molecular weight is 338 g/mol. The van der Waals surface area contributed by atoms with Crippen LogP contribution in [0.3, 0.4) is 0 Å². The molecule has 0 spiro atoms.